The van der Waals surface area contributed by atoms with E-state index in [4.69, 9.17) is 15.8 Å². The molecule has 10 heteroatoms. The minimum atomic E-state index is -4.12. The number of hydrogen-bond acceptors (Lipinski definition) is 6. The van der Waals surface area contributed by atoms with Crippen molar-refractivity contribution in [3.05, 3.63) is 47.0 Å². The lowest BCUT2D eigenvalue weighted by Gasteiger charge is -2.10. The number of anilines is 1. The van der Waals surface area contributed by atoms with Crippen LogP contribution in [0.15, 0.2) is 41.3 Å². The van der Waals surface area contributed by atoms with E-state index in [1.54, 1.807) is 25.1 Å². The maximum Gasteiger partial charge on any atom is 0.413 e. The first kappa shape index (κ1) is 18.0. The van der Waals surface area contributed by atoms with E-state index < -0.39 is 16.2 Å². The molecule has 0 aliphatic rings. The van der Waals surface area contributed by atoms with Gasteiger partial charge in [-0.2, -0.15) is 8.42 Å². The highest BCUT2D eigenvalue weighted by atomic mass is 35.5. The van der Waals surface area contributed by atoms with Crippen molar-refractivity contribution in [1.29, 1.82) is 0 Å². The Morgan fingerprint density at radius 2 is 2.04 bits per heavy atom. The molecule has 0 saturated carbocycles. The van der Waals surface area contributed by atoms with Crippen LogP contribution >= 0.6 is 11.6 Å². The second kappa shape index (κ2) is 6.85. The molecule has 0 aliphatic heterocycles. The molecule has 0 unspecified atom stereocenters. The van der Waals surface area contributed by atoms with E-state index in [1.807, 2.05) is 0 Å². The lowest BCUT2D eigenvalue weighted by atomic mass is 10.2. The first-order chi connectivity index (χ1) is 12.3. The van der Waals surface area contributed by atoms with Gasteiger partial charge in [-0.05, 0) is 36.8 Å². The van der Waals surface area contributed by atoms with Gasteiger partial charge in [0.1, 0.15) is 4.90 Å². The molecule has 3 aromatic rings. The maximum atomic E-state index is 12.6. The highest BCUT2D eigenvalue weighted by Gasteiger charge is 2.21. The lowest BCUT2D eigenvalue weighted by molar-refractivity contribution is 0.186. The largest absolute Gasteiger partial charge is 0.453 e. The number of aromatic amines is 1. The summed E-state index contributed by atoms with van der Waals surface area (Å²) in [5.74, 6) is 0.202. The number of hydrogen-bond donors (Lipinski definition) is 2. The van der Waals surface area contributed by atoms with Gasteiger partial charge in [0.2, 0.25) is 5.95 Å². The van der Waals surface area contributed by atoms with Crippen LogP contribution in [0.5, 0.6) is 5.75 Å². The highest BCUT2D eigenvalue weighted by molar-refractivity contribution is 7.87. The summed E-state index contributed by atoms with van der Waals surface area (Å²) in [6.45, 7) is 1.69. The molecule has 0 fully saturated rings. The van der Waals surface area contributed by atoms with Crippen molar-refractivity contribution in [2.24, 2.45) is 0 Å². The van der Waals surface area contributed by atoms with E-state index in [0.29, 0.717) is 16.6 Å². The summed E-state index contributed by atoms with van der Waals surface area (Å²) in [5, 5.41) is 2.56. The normalized spacial score (nSPS) is 11.3. The van der Waals surface area contributed by atoms with Gasteiger partial charge in [0.15, 0.2) is 5.75 Å². The molecule has 0 saturated heterocycles. The summed E-state index contributed by atoms with van der Waals surface area (Å²) in [7, 11) is -2.90. The van der Waals surface area contributed by atoms with Crippen LogP contribution in [0.3, 0.4) is 0 Å². The molecule has 26 heavy (non-hydrogen) atoms. The van der Waals surface area contributed by atoms with Crippen molar-refractivity contribution in [2.75, 3.05) is 12.4 Å². The Morgan fingerprint density at radius 1 is 1.27 bits per heavy atom. The molecule has 136 valence electrons. The van der Waals surface area contributed by atoms with Crippen LogP contribution in [0, 0.1) is 6.92 Å². The zero-order valence-electron chi connectivity index (χ0n) is 13.7. The predicted molar refractivity (Wildman–Crippen MR) is 96.1 cm³/mol. The second-order valence-corrected chi connectivity index (χ2v) is 7.26. The van der Waals surface area contributed by atoms with Crippen LogP contribution < -0.4 is 9.50 Å². The molecular weight excluding hydrogens is 382 g/mol. The SMILES string of the molecule is COC(=O)Nc1nc2cc(S(=O)(=O)Oc3c(C)cccc3Cl)ccc2[nH]1. The fourth-order valence-corrected chi connectivity index (χ4v) is 3.56. The third kappa shape index (κ3) is 3.58. The quantitative estimate of drug-likeness (QED) is 0.654. The van der Waals surface area contributed by atoms with Gasteiger partial charge in [-0.25, -0.2) is 9.78 Å². The van der Waals surface area contributed by atoms with Gasteiger partial charge >= 0.3 is 16.2 Å². The molecule has 0 bridgehead atoms. The molecule has 0 aliphatic carbocycles. The monoisotopic (exact) mass is 395 g/mol. The lowest BCUT2D eigenvalue weighted by Crippen LogP contribution is -2.11. The van der Waals surface area contributed by atoms with Crippen molar-refractivity contribution in [2.45, 2.75) is 11.8 Å². The van der Waals surface area contributed by atoms with Crippen LogP contribution in [0.2, 0.25) is 5.02 Å². The van der Waals surface area contributed by atoms with Gasteiger partial charge in [-0.15, -0.1) is 0 Å². The van der Waals surface area contributed by atoms with Crippen LogP contribution in [0.25, 0.3) is 11.0 Å². The standard InChI is InChI=1S/C16H14ClN3O5S/c1-9-4-3-5-11(17)14(9)25-26(22,23)10-6-7-12-13(8-10)19-15(18-12)20-16(21)24-2/h3-8H,1-2H3,(H2,18,19,20,21). The van der Waals surface area contributed by atoms with E-state index in [-0.39, 0.29) is 21.6 Å². The van der Waals surface area contributed by atoms with E-state index in [9.17, 15) is 13.2 Å². The third-order valence-corrected chi connectivity index (χ3v) is 5.02. The summed E-state index contributed by atoms with van der Waals surface area (Å²) in [6, 6.07) is 9.14. The number of aromatic nitrogens is 2. The zero-order valence-corrected chi connectivity index (χ0v) is 15.3. The number of fused-ring (bicyclic) bond motifs is 1. The van der Waals surface area contributed by atoms with Crippen LogP contribution in [0.1, 0.15) is 5.56 Å². The molecule has 8 nitrogen and oxygen atoms in total. The topological polar surface area (TPSA) is 110 Å². The highest BCUT2D eigenvalue weighted by Crippen LogP contribution is 2.31. The Hall–Kier alpha value is -2.78. The van der Waals surface area contributed by atoms with Crippen molar-refractivity contribution >= 4 is 44.8 Å². The molecule has 1 heterocycles. The Labute approximate surface area is 154 Å². The summed E-state index contributed by atoms with van der Waals surface area (Å²) in [6.07, 6.45) is -0.700. The number of ether oxygens (including phenoxy) is 1. The molecule has 0 radical (unpaired) electrons. The van der Waals surface area contributed by atoms with E-state index >= 15 is 0 Å². The van der Waals surface area contributed by atoms with E-state index in [0.717, 1.165) is 0 Å². The third-order valence-electron chi connectivity index (χ3n) is 3.51. The van der Waals surface area contributed by atoms with Gasteiger partial charge in [0.25, 0.3) is 0 Å². The molecule has 2 aromatic carbocycles. The fraction of sp³-hybridized carbons (Fsp3) is 0.125. The molecule has 2 N–H and O–H groups in total. The van der Waals surface area contributed by atoms with Crippen molar-refractivity contribution in [3.63, 3.8) is 0 Å². The molecule has 1 aromatic heterocycles. The van der Waals surface area contributed by atoms with Crippen molar-refractivity contribution in [3.8, 4) is 5.75 Å². The van der Waals surface area contributed by atoms with Crippen molar-refractivity contribution in [1.82, 2.24) is 9.97 Å². The number of halogens is 1. The predicted octanol–water partition coefficient (Wildman–Crippen LogP) is 3.47. The number of methoxy groups -OCH3 is 1. The van der Waals surface area contributed by atoms with Crippen LogP contribution in [-0.4, -0.2) is 31.6 Å². The van der Waals surface area contributed by atoms with Gasteiger partial charge in [0.05, 0.1) is 23.2 Å². The number of aryl methyl sites for hydroxylation is 1. The zero-order chi connectivity index (χ0) is 18.9. The Kier molecular flexibility index (Phi) is 4.75. The molecule has 0 spiro atoms. The number of imidazole rings is 1. The first-order valence-electron chi connectivity index (χ1n) is 7.34. The molecule has 1 amide bonds. The van der Waals surface area contributed by atoms with E-state index in [1.165, 1.54) is 25.3 Å². The summed E-state index contributed by atoms with van der Waals surface area (Å²) < 4.78 is 34.8. The summed E-state index contributed by atoms with van der Waals surface area (Å²) in [4.78, 5) is 18.1. The first-order valence-corrected chi connectivity index (χ1v) is 9.13. The van der Waals surface area contributed by atoms with Gasteiger partial charge in [-0.3, -0.25) is 5.32 Å². The Balaban J connectivity index is 1.95. The smallest absolute Gasteiger partial charge is 0.413 e. The van der Waals surface area contributed by atoms with Gasteiger partial charge in [-0.1, -0.05) is 23.7 Å². The minimum Gasteiger partial charge on any atom is -0.453 e. The Bertz CT molecular complexity index is 1070. The molecule has 0 atom stereocenters. The number of nitrogens with one attached hydrogen (secondary N) is 2. The molecule has 3 rings (SSSR count). The second-order valence-electron chi connectivity index (χ2n) is 5.30. The number of para-hydroxylation sites is 1. The number of carbonyl (C=O) groups excluding carboxylic acids is 1. The number of carbonyl (C=O) groups is 1. The van der Waals surface area contributed by atoms with Gasteiger partial charge < -0.3 is 13.9 Å². The molecular formula is C16H14ClN3O5S. The minimum absolute atomic E-state index is 0.0735. The summed E-state index contributed by atoms with van der Waals surface area (Å²) in [5.41, 5.74) is 1.45. The van der Waals surface area contributed by atoms with Crippen LogP contribution in [-0.2, 0) is 14.9 Å². The summed E-state index contributed by atoms with van der Waals surface area (Å²) >= 11 is 6.02. The number of amides is 1. The van der Waals surface area contributed by atoms with Crippen molar-refractivity contribution < 1.29 is 22.1 Å². The number of H-pyrrole nitrogens is 1. The number of benzene rings is 2. The Morgan fingerprint density at radius 3 is 2.73 bits per heavy atom. The maximum absolute atomic E-state index is 12.6. The fourth-order valence-electron chi connectivity index (χ4n) is 2.23. The average Bonchev–Trinajstić information content (AvgIpc) is 2.99. The van der Waals surface area contributed by atoms with Gasteiger partial charge in [0, 0.05) is 0 Å². The number of nitrogens with zero attached hydrogens (tertiary/aromatic N) is 1. The van der Waals surface area contributed by atoms with E-state index in [2.05, 4.69) is 20.0 Å². The van der Waals surface area contributed by atoms with Crippen LogP contribution in [0.4, 0.5) is 10.7 Å². The number of rotatable bonds is 4. The average molecular weight is 396 g/mol.